The fraction of sp³-hybridized carbons (Fsp3) is 0.388. The minimum Gasteiger partial charge on any atom is -0.497 e. The van der Waals surface area contributed by atoms with Crippen LogP contribution in [0.2, 0.25) is 0 Å². The number of unbranched alkanes of at least 4 members (excludes halogenated alkanes) is 3. The molecule has 3 heterocycles. The van der Waals surface area contributed by atoms with Gasteiger partial charge in [0.1, 0.15) is 23.3 Å². The average Bonchev–Trinajstić information content (AvgIpc) is 3.45. The van der Waals surface area contributed by atoms with E-state index in [-0.39, 0.29) is 17.5 Å². The minimum absolute atomic E-state index is 0.159. The molecule has 2 unspecified atom stereocenters. The second-order valence-electron chi connectivity index (χ2n) is 15.8. The molecule has 0 N–H and O–H groups in total. The highest BCUT2D eigenvalue weighted by molar-refractivity contribution is 6.06. The monoisotopic (exact) mass is 765 g/mol. The minimum atomic E-state index is -0.801. The van der Waals surface area contributed by atoms with Crippen LogP contribution in [0.25, 0.3) is 21.9 Å². The number of ether oxygens (including phenoxy) is 4. The van der Waals surface area contributed by atoms with Crippen LogP contribution in [-0.2, 0) is 10.2 Å². The van der Waals surface area contributed by atoms with Gasteiger partial charge in [-0.2, -0.15) is 0 Å². The standard InChI is InChI=1S/C49H55N3O5/c1-6-9-10-13-30-55-37-22-20-35(21-23-37)34-16-18-36(19-17-34)47(53)56-38-26-28-51(29-27-38)44-32-45-46(41-15-12-11-14-40(41)44)50-33-49(57-45)48(4,7-2)42-31-39(54-5)24-25-43(42)52(49)8-3/h11-12,14-25,31-33,38H,6-10,13,26-30H2,1-5H3. The summed E-state index contributed by atoms with van der Waals surface area (Å²) in [4.78, 5) is 23.3. The number of carbonyl (C=O) groups is 1. The van der Waals surface area contributed by atoms with Crippen molar-refractivity contribution >= 4 is 40.0 Å². The summed E-state index contributed by atoms with van der Waals surface area (Å²) in [6, 6.07) is 32.9. The molecule has 0 aromatic heterocycles. The van der Waals surface area contributed by atoms with Crippen LogP contribution in [0.1, 0.15) is 88.6 Å². The van der Waals surface area contributed by atoms with Gasteiger partial charge in [0.25, 0.3) is 0 Å². The van der Waals surface area contributed by atoms with E-state index in [1.807, 2.05) is 48.7 Å². The number of hydrogen-bond acceptors (Lipinski definition) is 8. The highest BCUT2D eigenvalue weighted by atomic mass is 16.5. The Bertz CT molecular complexity index is 2240. The van der Waals surface area contributed by atoms with Gasteiger partial charge in [0.05, 0.1) is 30.9 Å². The fourth-order valence-corrected chi connectivity index (χ4v) is 9.05. The molecule has 8 nitrogen and oxygen atoms in total. The Kier molecular flexibility index (Phi) is 10.9. The van der Waals surface area contributed by atoms with E-state index in [0.29, 0.717) is 5.56 Å². The molecule has 0 saturated carbocycles. The first-order valence-electron chi connectivity index (χ1n) is 20.9. The Morgan fingerprint density at radius 3 is 2.21 bits per heavy atom. The Morgan fingerprint density at radius 1 is 0.825 bits per heavy atom. The predicted molar refractivity (Wildman–Crippen MR) is 231 cm³/mol. The zero-order valence-electron chi connectivity index (χ0n) is 34.1. The van der Waals surface area contributed by atoms with Gasteiger partial charge in [-0.3, -0.25) is 4.99 Å². The van der Waals surface area contributed by atoms with Crippen molar-refractivity contribution in [2.75, 3.05) is 43.2 Å². The molecule has 296 valence electrons. The molecular formula is C49H55N3O5. The summed E-state index contributed by atoms with van der Waals surface area (Å²) < 4.78 is 25.0. The maximum Gasteiger partial charge on any atom is 0.338 e. The Labute approximate surface area is 337 Å². The summed E-state index contributed by atoms with van der Waals surface area (Å²) in [5.74, 6) is 2.23. The van der Waals surface area contributed by atoms with Gasteiger partial charge in [-0.1, -0.05) is 81.6 Å². The van der Waals surface area contributed by atoms with E-state index >= 15 is 0 Å². The van der Waals surface area contributed by atoms with E-state index < -0.39 is 5.72 Å². The lowest BCUT2D eigenvalue weighted by Gasteiger charge is -2.47. The van der Waals surface area contributed by atoms with Crippen molar-refractivity contribution in [2.24, 2.45) is 4.99 Å². The zero-order valence-corrected chi connectivity index (χ0v) is 34.1. The largest absolute Gasteiger partial charge is 0.497 e. The second kappa shape index (κ2) is 16.2. The van der Waals surface area contributed by atoms with Gasteiger partial charge in [0.15, 0.2) is 5.75 Å². The molecule has 1 saturated heterocycles. The summed E-state index contributed by atoms with van der Waals surface area (Å²) in [6.45, 7) is 11.9. The van der Waals surface area contributed by atoms with Crippen LogP contribution in [0.3, 0.4) is 0 Å². The van der Waals surface area contributed by atoms with Gasteiger partial charge in [-0.25, -0.2) is 4.79 Å². The summed E-state index contributed by atoms with van der Waals surface area (Å²) in [5.41, 5.74) is 5.84. The number of rotatable bonds is 13. The van der Waals surface area contributed by atoms with Crippen LogP contribution in [0.15, 0.2) is 102 Å². The summed E-state index contributed by atoms with van der Waals surface area (Å²) in [6.07, 6.45) is 8.95. The first-order chi connectivity index (χ1) is 27.8. The van der Waals surface area contributed by atoms with Crippen LogP contribution in [0, 0.1) is 0 Å². The third kappa shape index (κ3) is 6.98. The van der Waals surface area contributed by atoms with E-state index in [2.05, 4.69) is 92.1 Å². The summed E-state index contributed by atoms with van der Waals surface area (Å²) in [5, 5.41) is 2.20. The number of aliphatic imine (C=N–C) groups is 1. The lowest BCUT2D eigenvalue weighted by molar-refractivity contribution is 0.0245. The summed E-state index contributed by atoms with van der Waals surface area (Å²) >= 11 is 0. The number of hydrogen-bond donors (Lipinski definition) is 0. The second-order valence-corrected chi connectivity index (χ2v) is 15.8. The van der Waals surface area contributed by atoms with E-state index in [1.54, 1.807) is 7.11 Å². The van der Waals surface area contributed by atoms with Gasteiger partial charge in [0, 0.05) is 60.7 Å². The van der Waals surface area contributed by atoms with Crippen molar-refractivity contribution < 1.29 is 23.7 Å². The van der Waals surface area contributed by atoms with Crippen molar-refractivity contribution in [3.05, 3.63) is 108 Å². The van der Waals surface area contributed by atoms with Crippen LogP contribution in [-0.4, -0.2) is 57.4 Å². The average molecular weight is 766 g/mol. The van der Waals surface area contributed by atoms with Crippen LogP contribution in [0.4, 0.5) is 17.1 Å². The van der Waals surface area contributed by atoms with Gasteiger partial charge in [0.2, 0.25) is 5.72 Å². The van der Waals surface area contributed by atoms with Gasteiger partial charge >= 0.3 is 5.97 Å². The molecule has 0 aliphatic carbocycles. The number of methoxy groups -OCH3 is 1. The van der Waals surface area contributed by atoms with Crippen molar-refractivity contribution in [2.45, 2.75) is 89.9 Å². The van der Waals surface area contributed by atoms with Crippen molar-refractivity contribution in [1.29, 1.82) is 0 Å². The molecule has 8 rings (SSSR count). The maximum absolute atomic E-state index is 13.3. The molecule has 5 aromatic carbocycles. The number of benzene rings is 5. The maximum atomic E-state index is 13.3. The van der Waals surface area contributed by atoms with Crippen LogP contribution >= 0.6 is 0 Å². The van der Waals surface area contributed by atoms with Crippen molar-refractivity contribution in [3.8, 4) is 28.4 Å². The smallest absolute Gasteiger partial charge is 0.338 e. The molecule has 8 heteroatoms. The lowest BCUT2D eigenvalue weighted by atomic mass is 9.73. The highest BCUT2D eigenvalue weighted by Crippen LogP contribution is 2.57. The first kappa shape index (κ1) is 38.4. The zero-order chi connectivity index (χ0) is 39.6. The van der Waals surface area contributed by atoms with Crippen LogP contribution in [0.5, 0.6) is 17.2 Å². The molecule has 1 spiro atoms. The lowest BCUT2D eigenvalue weighted by Crippen LogP contribution is -2.63. The predicted octanol–water partition coefficient (Wildman–Crippen LogP) is 11.3. The van der Waals surface area contributed by atoms with E-state index in [1.165, 1.54) is 24.8 Å². The number of piperidine rings is 1. The molecule has 1 fully saturated rings. The topological polar surface area (TPSA) is 72.8 Å². The number of anilines is 2. The Hall–Kier alpha value is -5.50. The third-order valence-electron chi connectivity index (χ3n) is 12.5. The molecule has 0 radical (unpaired) electrons. The van der Waals surface area contributed by atoms with E-state index in [0.717, 1.165) is 108 Å². The fourth-order valence-electron chi connectivity index (χ4n) is 9.05. The number of nitrogens with zero attached hydrogens (tertiary/aromatic N) is 3. The highest BCUT2D eigenvalue weighted by Gasteiger charge is 2.61. The molecule has 0 amide bonds. The molecule has 2 atom stereocenters. The first-order valence-corrected chi connectivity index (χ1v) is 20.9. The molecule has 3 aliphatic heterocycles. The number of carbonyl (C=O) groups excluding carboxylic acids is 1. The number of likely N-dealkylation sites (N-methyl/N-ethyl adjacent to an activating group) is 1. The third-order valence-corrected chi connectivity index (χ3v) is 12.5. The molecule has 5 aromatic rings. The van der Waals surface area contributed by atoms with Crippen molar-refractivity contribution in [1.82, 2.24) is 0 Å². The molecular weight excluding hydrogens is 711 g/mol. The Morgan fingerprint density at radius 2 is 1.53 bits per heavy atom. The van der Waals surface area contributed by atoms with Gasteiger partial charge in [-0.15, -0.1) is 0 Å². The number of esters is 1. The van der Waals surface area contributed by atoms with E-state index in [9.17, 15) is 4.79 Å². The SMILES string of the molecule is CCCCCCOc1ccc(-c2ccc(C(=O)OC3CCN(c4cc5c(c6ccccc46)N=CC4(O5)N(CC)c5ccc(OC)cc5C4(C)CC)CC3)cc2)cc1. The van der Waals surface area contributed by atoms with Crippen LogP contribution < -0.4 is 24.0 Å². The molecule has 0 bridgehead atoms. The van der Waals surface area contributed by atoms with Gasteiger partial charge in [-0.05, 0) is 85.8 Å². The Balaban J connectivity index is 0.951. The normalized spacial score (nSPS) is 20.0. The number of fused-ring (bicyclic) bond motifs is 4. The summed E-state index contributed by atoms with van der Waals surface area (Å²) in [7, 11) is 1.72. The van der Waals surface area contributed by atoms with Gasteiger partial charge < -0.3 is 28.7 Å². The molecule has 3 aliphatic rings. The molecule has 57 heavy (non-hydrogen) atoms. The van der Waals surface area contributed by atoms with Crippen molar-refractivity contribution in [3.63, 3.8) is 0 Å². The van der Waals surface area contributed by atoms with E-state index in [4.69, 9.17) is 23.9 Å². The quantitative estimate of drug-likeness (QED) is 0.0873.